The van der Waals surface area contributed by atoms with Crippen LogP contribution in [0.15, 0.2) is 35.5 Å². The monoisotopic (exact) mass is 350 g/mol. The number of benzene rings is 1. The number of likely N-dealkylation sites (N-methyl/N-ethyl adjacent to an activating group) is 1. The Bertz CT molecular complexity index is 675. The highest BCUT2D eigenvalue weighted by molar-refractivity contribution is 5.94. The molecule has 0 aromatic heterocycles. The molecule has 25 heavy (non-hydrogen) atoms. The summed E-state index contributed by atoms with van der Waals surface area (Å²) in [5.41, 5.74) is 1.87. The summed E-state index contributed by atoms with van der Waals surface area (Å²) in [5, 5.41) is 5.48. The van der Waals surface area contributed by atoms with Gasteiger partial charge in [0.1, 0.15) is 18.9 Å². The lowest BCUT2D eigenvalue weighted by molar-refractivity contribution is -0.889. The molecule has 3 N–H and O–H groups in total. The third-order valence-corrected chi connectivity index (χ3v) is 4.02. The van der Waals surface area contributed by atoms with E-state index in [0.29, 0.717) is 30.8 Å². The lowest BCUT2D eigenvalue weighted by Gasteiger charge is -2.29. The first-order valence-electron chi connectivity index (χ1n) is 8.48. The quantitative estimate of drug-likeness (QED) is 0.636. The predicted molar refractivity (Wildman–Crippen MR) is 91.3 cm³/mol. The molecule has 2 atom stereocenters. The first kappa shape index (κ1) is 18.9. The highest BCUT2D eigenvalue weighted by Crippen LogP contribution is 2.16. The van der Waals surface area contributed by atoms with Crippen molar-refractivity contribution < 1.29 is 23.6 Å². The van der Waals surface area contributed by atoms with Crippen LogP contribution in [0, 0.1) is 5.82 Å². The normalized spacial score (nSPS) is 18.4. The van der Waals surface area contributed by atoms with Crippen LogP contribution in [-0.4, -0.2) is 38.2 Å². The van der Waals surface area contributed by atoms with Crippen molar-refractivity contribution in [1.82, 2.24) is 10.6 Å². The Morgan fingerprint density at radius 3 is 2.72 bits per heavy atom. The number of urea groups is 1. The molecule has 1 unspecified atom stereocenters. The Morgan fingerprint density at radius 2 is 2.08 bits per heavy atom. The van der Waals surface area contributed by atoms with Crippen LogP contribution in [-0.2, 0) is 16.1 Å². The number of quaternary nitrogens is 1. The second-order valence-corrected chi connectivity index (χ2v) is 6.11. The number of halogens is 1. The van der Waals surface area contributed by atoms with Crippen molar-refractivity contribution in [1.29, 1.82) is 0 Å². The van der Waals surface area contributed by atoms with Crippen LogP contribution in [0.5, 0.6) is 0 Å². The van der Waals surface area contributed by atoms with Gasteiger partial charge in [-0.1, -0.05) is 19.1 Å². The molecule has 0 bridgehead atoms. The maximum absolute atomic E-state index is 13.3. The highest BCUT2D eigenvalue weighted by atomic mass is 19.1. The van der Waals surface area contributed by atoms with E-state index in [1.165, 1.54) is 12.1 Å². The van der Waals surface area contributed by atoms with Crippen LogP contribution in [0.25, 0.3) is 0 Å². The minimum atomic E-state index is -0.421. The van der Waals surface area contributed by atoms with Crippen molar-refractivity contribution in [3.05, 3.63) is 46.9 Å². The fourth-order valence-electron chi connectivity index (χ4n) is 2.96. The molecule has 1 aliphatic rings. The molecule has 1 heterocycles. The van der Waals surface area contributed by atoms with E-state index in [0.717, 1.165) is 10.5 Å². The molecule has 136 valence electrons. The molecule has 6 nitrogen and oxygen atoms in total. The Labute approximate surface area is 147 Å². The van der Waals surface area contributed by atoms with E-state index >= 15 is 0 Å². The van der Waals surface area contributed by atoms with Gasteiger partial charge in [-0.25, -0.2) is 14.0 Å². The molecule has 0 fully saturated rings. The van der Waals surface area contributed by atoms with E-state index in [1.54, 1.807) is 13.0 Å². The fourth-order valence-corrected chi connectivity index (χ4v) is 2.96. The number of hydrogen-bond donors (Lipinski definition) is 3. The van der Waals surface area contributed by atoms with Gasteiger partial charge in [-0.2, -0.15) is 0 Å². The largest absolute Gasteiger partial charge is 0.463 e. The lowest BCUT2D eigenvalue weighted by Crippen LogP contribution is -3.08. The zero-order valence-corrected chi connectivity index (χ0v) is 14.8. The topological polar surface area (TPSA) is 71.9 Å². The van der Waals surface area contributed by atoms with Crippen molar-refractivity contribution in [3.63, 3.8) is 0 Å². The minimum absolute atomic E-state index is 0.270. The van der Waals surface area contributed by atoms with Gasteiger partial charge >= 0.3 is 12.0 Å². The Hall–Kier alpha value is -2.41. The first-order chi connectivity index (χ1) is 11.9. The third kappa shape index (κ3) is 5.03. The van der Waals surface area contributed by atoms with Crippen molar-refractivity contribution in [3.8, 4) is 0 Å². The number of carbonyl (C=O) groups excluding carboxylic acids is 2. The molecular weight excluding hydrogens is 325 g/mol. The fraction of sp³-hybridized carbons (Fsp3) is 0.444. The Morgan fingerprint density at radius 1 is 1.32 bits per heavy atom. The molecule has 0 aliphatic carbocycles. The lowest BCUT2D eigenvalue weighted by atomic mass is 10.00. The predicted octanol–water partition coefficient (Wildman–Crippen LogP) is 0.749. The number of rotatable bonds is 7. The number of hydrogen-bond acceptors (Lipinski definition) is 3. The molecule has 2 amide bonds. The molecule has 0 saturated carbocycles. The SMILES string of the molecule is CCOC(=O)C1=C(C[NH+](C)Cc2cccc(F)c2)NC(=O)N[C@H]1CC. The third-order valence-electron chi connectivity index (χ3n) is 4.02. The number of nitrogens with one attached hydrogen (secondary N) is 3. The number of esters is 1. The number of ether oxygens (including phenoxy) is 1. The molecule has 7 heteroatoms. The van der Waals surface area contributed by atoms with Crippen LogP contribution < -0.4 is 15.5 Å². The highest BCUT2D eigenvalue weighted by Gasteiger charge is 2.32. The van der Waals surface area contributed by atoms with Crippen LogP contribution in [0.3, 0.4) is 0 Å². The van der Waals surface area contributed by atoms with E-state index in [2.05, 4.69) is 10.6 Å². The van der Waals surface area contributed by atoms with Gasteiger partial charge in [0.15, 0.2) is 0 Å². The minimum Gasteiger partial charge on any atom is -0.463 e. The number of carbonyl (C=O) groups is 2. The molecule has 2 rings (SSSR count). The van der Waals surface area contributed by atoms with Gasteiger partial charge in [-0.15, -0.1) is 0 Å². The summed E-state index contributed by atoms with van der Waals surface area (Å²) >= 11 is 0. The van der Waals surface area contributed by atoms with E-state index in [-0.39, 0.29) is 24.5 Å². The summed E-state index contributed by atoms with van der Waals surface area (Å²) in [5.74, 6) is -0.701. The average molecular weight is 350 g/mol. The first-order valence-corrected chi connectivity index (χ1v) is 8.48. The summed E-state index contributed by atoms with van der Waals surface area (Å²) in [4.78, 5) is 25.2. The Kier molecular flexibility index (Phi) is 6.52. The molecular formula is C18H25FN3O3+. The zero-order valence-electron chi connectivity index (χ0n) is 14.8. The molecule has 0 spiro atoms. The molecule has 1 aromatic rings. The van der Waals surface area contributed by atoms with E-state index in [4.69, 9.17) is 4.74 Å². The van der Waals surface area contributed by atoms with Gasteiger partial charge in [0.2, 0.25) is 0 Å². The van der Waals surface area contributed by atoms with E-state index < -0.39 is 5.97 Å². The summed E-state index contributed by atoms with van der Waals surface area (Å²) in [6.45, 7) is 4.91. The van der Waals surface area contributed by atoms with Crippen LogP contribution in [0.1, 0.15) is 25.8 Å². The van der Waals surface area contributed by atoms with Crippen molar-refractivity contribution >= 4 is 12.0 Å². The second kappa shape index (κ2) is 8.62. The maximum atomic E-state index is 13.3. The number of amides is 2. The van der Waals surface area contributed by atoms with Gasteiger partial charge in [0.05, 0.1) is 31.0 Å². The Balaban J connectivity index is 2.21. The molecule has 1 aromatic carbocycles. The molecule has 0 radical (unpaired) electrons. The van der Waals surface area contributed by atoms with Crippen LogP contribution in [0.4, 0.5) is 9.18 Å². The summed E-state index contributed by atoms with van der Waals surface area (Å²) in [6.07, 6.45) is 0.591. The van der Waals surface area contributed by atoms with Gasteiger partial charge < -0.3 is 20.3 Å². The average Bonchev–Trinajstić information content (AvgIpc) is 2.54. The molecule has 1 aliphatic heterocycles. The standard InChI is InChI=1S/C18H24FN3O3/c1-4-14-16(17(23)25-5-2)15(21-18(24)20-14)11-22(3)10-12-7-6-8-13(19)9-12/h6-9,14H,4-5,10-11H2,1-3H3,(H2,20,21,24)/p+1/t14-/m0/s1. The van der Waals surface area contributed by atoms with E-state index in [1.807, 2.05) is 20.0 Å². The maximum Gasteiger partial charge on any atom is 0.338 e. The van der Waals surface area contributed by atoms with Gasteiger partial charge in [0, 0.05) is 5.56 Å². The summed E-state index contributed by atoms with van der Waals surface area (Å²) in [7, 11) is 1.93. The molecule has 0 saturated heterocycles. The van der Waals surface area contributed by atoms with E-state index in [9.17, 15) is 14.0 Å². The van der Waals surface area contributed by atoms with Crippen molar-refractivity contribution in [2.24, 2.45) is 0 Å². The smallest absolute Gasteiger partial charge is 0.338 e. The second-order valence-electron chi connectivity index (χ2n) is 6.11. The van der Waals surface area contributed by atoms with Gasteiger partial charge in [-0.05, 0) is 25.5 Å². The zero-order chi connectivity index (χ0) is 18.4. The van der Waals surface area contributed by atoms with Gasteiger partial charge in [-0.3, -0.25) is 0 Å². The summed E-state index contributed by atoms with van der Waals surface area (Å²) in [6, 6.07) is 5.71. The van der Waals surface area contributed by atoms with Crippen LogP contribution in [0.2, 0.25) is 0 Å². The van der Waals surface area contributed by atoms with Crippen molar-refractivity contribution in [2.75, 3.05) is 20.2 Å². The van der Waals surface area contributed by atoms with Gasteiger partial charge in [0.25, 0.3) is 0 Å². The van der Waals surface area contributed by atoms with Crippen LogP contribution >= 0.6 is 0 Å². The summed E-state index contributed by atoms with van der Waals surface area (Å²) < 4.78 is 18.5. The van der Waals surface area contributed by atoms with Crippen molar-refractivity contribution in [2.45, 2.75) is 32.9 Å².